The van der Waals surface area contributed by atoms with E-state index in [9.17, 15) is 4.79 Å². The van der Waals surface area contributed by atoms with Crippen LogP contribution in [0.5, 0.6) is 0 Å². The molecular formula is C15H23N3O3. The van der Waals surface area contributed by atoms with Crippen LogP contribution in [0.2, 0.25) is 0 Å². The largest absolute Gasteiger partial charge is 0.383 e. The number of rotatable bonds is 6. The highest BCUT2D eigenvalue weighted by Crippen LogP contribution is 2.23. The van der Waals surface area contributed by atoms with E-state index < -0.39 is 0 Å². The molecule has 1 fully saturated rings. The number of nitrogens with zero attached hydrogens (tertiary/aromatic N) is 1. The third kappa shape index (κ3) is 4.61. The summed E-state index contributed by atoms with van der Waals surface area (Å²) in [6.45, 7) is 2.91. The van der Waals surface area contributed by atoms with Gasteiger partial charge in [-0.15, -0.1) is 0 Å². The van der Waals surface area contributed by atoms with Crippen LogP contribution in [-0.2, 0) is 9.47 Å². The number of hydrogen-bond donors (Lipinski definition) is 2. The normalized spacial score (nSPS) is 17.8. The lowest BCUT2D eigenvalue weighted by molar-refractivity contribution is 0.121. The predicted octanol–water partition coefficient (Wildman–Crippen LogP) is 1.68. The van der Waals surface area contributed by atoms with E-state index in [-0.39, 0.29) is 6.03 Å². The number of nitrogens with one attached hydrogen (secondary N) is 2. The van der Waals surface area contributed by atoms with E-state index in [4.69, 9.17) is 9.47 Å². The first-order chi connectivity index (χ1) is 10.2. The summed E-state index contributed by atoms with van der Waals surface area (Å²) in [7, 11) is 3.36. The predicted molar refractivity (Wildman–Crippen MR) is 83.0 cm³/mol. The Morgan fingerprint density at radius 3 is 2.71 bits per heavy atom. The van der Waals surface area contributed by atoms with Crippen molar-refractivity contribution in [3.63, 3.8) is 0 Å². The number of anilines is 2. The van der Waals surface area contributed by atoms with Crippen LogP contribution < -0.4 is 15.5 Å². The van der Waals surface area contributed by atoms with Gasteiger partial charge in [0.15, 0.2) is 0 Å². The monoisotopic (exact) mass is 293 g/mol. The fourth-order valence-corrected chi connectivity index (χ4v) is 2.35. The van der Waals surface area contributed by atoms with E-state index in [1.807, 2.05) is 24.3 Å². The highest BCUT2D eigenvalue weighted by molar-refractivity contribution is 5.89. The standard InChI is InChI=1S/C15H23N3O3/c1-20-10-8-16-15(19)17-12-3-5-13(6-4-12)18-9-7-14(11-18)21-2/h3-6,14H,7-11H2,1-2H3,(H2,16,17,19). The second-order valence-corrected chi connectivity index (χ2v) is 5.01. The van der Waals surface area contributed by atoms with Gasteiger partial charge in [-0.25, -0.2) is 4.79 Å². The fraction of sp³-hybridized carbons (Fsp3) is 0.533. The second kappa shape index (κ2) is 7.85. The van der Waals surface area contributed by atoms with Gasteiger partial charge in [0.2, 0.25) is 0 Å². The lowest BCUT2D eigenvalue weighted by Gasteiger charge is -2.18. The molecule has 1 aliphatic heterocycles. The van der Waals surface area contributed by atoms with Gasteiger partial charge < -0.3 is 25.0 Å². The Balaban J connectivity index is 1.83. The van der Waals surface area contributed by atoms with Crippen LogP contribution in [0.4, 0.5) is 16.2 Å². The number of hydrogen-bond acceptors (Lipinski definition) is 4. The van der Waals surface area contributed by atoms with Crippen molar-refractivity contribution in [2.45, 2.75) is 12.5 Å². The molecule has 2 amide bonds. The van der Waals surface area contributed by atoms with E-state index in [0.29, 0.717) is 19.3 Å². The van der Waals surface area contributed by atoms with Crippen LogP contribution in [0, 0.1) is 0 Å². The summed E-state index contributed by atoms with van der Waals surface area (Å²) < 4.78 is 10.2. The maximum atomic E-state index is 11.6. The van der Waals surface area contributed by atoms with E-state index in [2.05, 4.69) is 15.5 Å². The molecule has 1 unspecified atom stereocenters. The first kappa shape index (κ1) is 15.6. The van der Waals surface area contributed by atoms with Crippen LogP contribution in [-0.4, -0.2) is 52.6 Å². The molecule has 1 aliphatic rings. The first-order valence-electron chi connectivity index (χ1n) is 7.14. The van der Waals surface area contributed by atoms with Gasteiger partial charge in [0.1, 0.15) is 0 Å². The molecule has 0 aromatic heterocycles. The van der Waals surface area contributed by atoms with Gasteiger partial charge in [0.05, 0.1) is 12.7 Å². The molecule has 21 heavy (non-hydrogen) atoms. The minimum absolute atomic E-state index is 0.222. The Bertz CT molecular complexity index is 450. The summed E-state index contributed by atoms with van der Waals surface area (Å²) in [5.41, 5.74) is 1.93. The minimum atomic E-state index is -0.222. The van der Waals surface area contributed by atoms with Gasteiger partial charge in [-0.2, -0.15) is 0 Å². The molecule has 0 aliphatic carbocycles. The molecule has 2 N–H and O–H groups in total. The molecule has 1 aromatic carbocycles. The van der Waals surface area contributed by atoms with Crippen LogP contribution >= 0.6 is 0 Å². The summed E-state index contributed by atoms with van der Waals surface area (Å²) in [5, 5.41) is 5.50. The maximum absolute atomic E-state index is 11.6. The van der Waals surface area contributed by atoms with Gasteiger partial charge in [-0.3, -0.25) is 0 Å². The van der Waals surface area contributed by atoms with Gasteiger partial charge in [0.25, 0.3) is 0 Å². The molecule has 0 saturated carbocycles. The Morgan fingerprint density at radius 2 is 2.10 bits per heavy atom. The quantitative estimate of drug-likeness (QED) is 0.783. The van der Waals surface area contributed by atoms with Crippen LogP contribution in [0.25, 0.3) is 0 Å². The smallest absolute Gasteiger partial charge is 0.319 e. The summed E-state index contributed by atoms with van der Waals surface area (Å²) in [5.74, 6) is 0. The molecule has 6 heteroatoms. The Morgan fingerprint density at radius 1 is 1.33 bits per heavy atom. The zero-order chi connectivity index (χ0) is 15.1. The van der Waals surface area contributed by atoms with Crippen molar-refractivity contribution in [2.24, 2.45) is 0 Å². The molecule has 1 heterocycles. The number of amides is 2. The average molecular weight is 293 g/mol. The summed E-state index contributed by atoms with van der Waals surface area (Å²) >= 11 is 0. The highest BCUT2D eigenvalue weighted by Gasteiger charge is 2.21. The number of ether oxygens (including phenoxy) is 2. The molecule has 0 bridgehead atoms. The number of carbonyl (C=O) groups excluding carboxylic acids is 1. The van der Waals surface area contributed by atoms with Crippen LogP contribution in [0.1, 0.15) is 6.42 Å². The lowest BCUT2D eigenvalue weighted by atomic mass is 10.2. The third-order valence-corrected chi connectivity index (χ3v) is 3.56. The van der Waals surface area contributed by atoms with Crippen molar-refractivity contribution >= 4 is 17.4 Å². The topological polar surface area (TPSA) is 62.8 Å². The van der Waals surface area contributed by atoms with Crippen molar-refractivity contribution in [3.05, 3.63) is 24.3 Å². The van der Waals surface area contributed by atoms with Crippen LogP contribution in [0.3, 0.4) is 0 Å². The third-order valence-electron chi connectivity index (χ3n) is 3.56. The summed E-state index contributed by atoms with van der Waals surface area (Å²) in [4.78, 5) is 13.9. The number of methoxy groups -OCH3 is 2. The molecule has 1 saturated heterocycles. The Labute approximate surface area is 125 Å². The maximum Gasteiger partial charge on any atom is 0.319 e. The second-order valence-electron chi connectivity index (χ2n) is 5.01. The molecular weight excluding hydrogens is 270 g/mol. The van der Waals surface area contributed by atoms with E-state index in [1.54, 1.807) is 14.2 Å². The van der Waals surface area contributed by atoms with Crippen molar-refractivity contribution in [1.29, 1.82) is 0 Å². The van der Waals surface area contributed by atoms with Crippen molar-refractivity contribution in [2.75, 3.05) is 50.7 Å². The Hall–Kier alpha value is -1.79. The highest BCUT2D eigenvalue weighted by atomic mass is 16.5. The SMILES string of the molecule is COCCNC(=O)Nc1ccc(N2CCC(OC)C2)cc1. The van der Waals surface area contributed by atoms with Gasteiger partial charge in [-0.1, -0.05) is 0 Å². The van der Waals surface area contributed by atoms with E-state index >= 15 is 0 Å². The molecule has 6 nitrogen and oxygen atoms in total. The first-order valence-corrected chi connectivity index (χ1v) is 7.14. The van der Waals surface area contributed by atoms with Gasteiger partial charge >= 0.3 is 6.03 Å². The average Bonchev–Trinajstić information content (AvgIpc) is 2.97. The van der Waals surface area contributed by atoms with E-state index in [0.717, 1.165) is 30.9 Å². The van der Waals surface area contributed by atoms with Gasteiger partial charge in [-0.05, 0) is 30.7 Å². The number of carbonyl (C=O) groups is 1. The van der Waals surface area contributed by atoms with Crippen molar-refractivity contribution in [1.82, 2.24) is 5.32 Å². The van der Waals surface area contributed by atoms with Gasteiger partial charge in [0, 0.05) is 45.2 Å². The van der Waals surface area contributed by atoms with Crippen LogP contribution in [0.15, 0.2) is 24.3 Å². The molecule has 0 spiro atoms. The zero-order valence-corrected chi connectivity index (χ0v) is 12.6. The summed E-state index contributed by atoms with van der Waals surface area (Å²) in [6.07, 6.45) is 1.37. The number of urea groups is 1. The zero-order valence-electron chi connectivity index (χ0n) is 12.6. The van der Waals surface area contributed by atoms with Crippen molar-refractivity contribution in [3.8, 4) is 0 Å². The van der Waals surface area contributed by atoms with E-state index in [1.165, 1.54) is 0 Å². The molecule has 2 rings (SSSR count). The summed E-state index contributed by atoms with van der Waals surface area (Å²) in [6, 6.07) is 7.63. The molecule has 1 aromatic rings. The molecule has 1 atom stereocenters. The minimum Gasteiger partial charge on any atom is -0.383 e. The molecule has 116 valence electrons. The fourth-order valence-electron chi connectivity index (χ4n) is 2.35. The van der Waals surface area contributed by atoms with Crippen molar-refractivity contribution < 1.29 is 14.3 Å². The Kier molecular flexibility index (Phi) is 5.83. The lowest BCUT2D eigenvalue weighted by Crippen LogP contribution is -2.31. The number of benzene rings is 1. The molecule has 0 radical (unpaired) electrons.